The zero-order chi connectivity index (χ0) is 19.2. The molecule has 2 fully saturated rings. The smallest absolute Gasteiger partial charge is 0.280 e. The van der Waals surface area contributed by atoms with Crippen molar-refractivity contribution in [2.75, 3.05) is 46.1 Å². The average Bonchev–Trinajstić information content (AvgIpc) is 2.76. The number of hydrogen-bond acceptors (Lipinski definition) is 6. The second-order valence-electron chi connectivity index (χ2n) is 7.52. The van der Waals surface area contributed by atoms with Crippen molar-refractivity contribution in [2.45, 2.75) is 38.1 Å². The van der Waals surface area contributed by atoms with Crippen molar-refractivity contribution in [1.29, 1.82) is 0 Å². The number of nitrogens with zero attached hydrogens (tertiary/aromatic N) is 3. The molecule has 1 aromatic rings. The lowest BCUT2D eigenvalue weighted by molar-refractivity contribution is -0.138. The molecule has 0 atom stereocenters. The first-order valence-electron chi connectivity index (χ1n) is 10.4. The Balaban J connectivity index is 1.44. The van der Waals surface area contributed by atoms with Gasteiger partial charge in [0.25, 0.3) is 5.91 Å². The van der Waals surface area contributed by atoms with Crippen LogP contribution in [0, 0.1) is 0 Å². The number of benzene rings is 1. The molecule has 152 valence electrons. The molecule has 1 aromatic carbocycles. The summed E-state index contributed by atoms with van der Waals surface area (Å²) in [6.45, 7) is 4.95. The van der Waals surface area contributed by atoms with Crippen molar-refractivity contribution >= 4 is 11.8 Å². The minimum Gasteiger partial charge on any atom is -0.491 e. The highest BCUT2D eigenvalue weighted by Crippen LogP contribution is 2.27. The number of amides is 1. The van der Waals surface area contributed by atoms with Gasteiger partial charge in [0.15, 0.2) is 6.61 Å². The van der Waals surface area contributed by atoms with Crippen molar-refractivity contribution in [3.8, 4) is 5.75 Å². The van der Waals surface area contributed by atoms with E-state index in [2.05, 4.69) is 10.0 Å². The van der Waals surface area contributed by atoms with Gasteiger partial charge in [-0.15, -0.1) is 5.10 Å². The van der Waals surface area contributed by atoms with Gasteiger partial charge in [-0.1, -0.05) is 31.4 Å². The largest absolute Gasteiger partial charge is 0.491 e. The second-order valence-corrected chi connectivity index (χ2v) is 7.52. The molecule has 2 aliphatic heterocycles. The molecule has 28 heavy (non-hydrogen) atoms. The van der Waals surface area contributed by atoms with E-state index in [4.69, 9.17) is 14.2 Å². The third kappa shape index (κ3) is 4.64. The Labute approximate surface area is 166 Å². The molecular formula is C21H29N3O4. The SMILES string of the molecule is O=C1COC(c2ccccc2OCCN2CCOCC2)=NN1C1CCCCC1. The van der Waals surface area contributed by atoms with Crippen molar-refractivity contribution in [1.82, 2.24) is 9.91 Å². The van der Waals surface area contributed by atoms with Crippen LogP contribution >= 0.6 is 0 Å². The van der Waals surface area contributed by atoms with E-state index >= 15 is 0 Å². The molecule has 0 aromatic heterocycles. The van der Waals surface area contributed by atoms with Crippen LogP contribution < -0.4 is 4.74 Å². The van der Waals surface area contributed by atoms with E-state index in [0.717, 1.165) is 69.8 Å². The van der Waals surface area contributed by atoms with E-state index in [1.165, 1.54) is 6.42 Å². The van der Waals surface area contributed by atoms with E-state index in [1.54, 1.807) is 5.01 Å². The zero-order valence-corrected chi connectivity index (χ0v) is 16.3. The number of carbonyl (C=O) groups is 1. The summed E-state index contributed by atoms with van der Waals surface area (Å²) in [4.78, 5) is 14.7. The Morgan fingerprint density at radius 3 is 2.71 bits per heavy atom. The molecule has 0 radical (unpaired) electrons. The van der Waals surface area contributed by atoms with Gasteiger partial charge >= 0.3 is 0 Å². The summed E-state index contributed by atoms with van der Waals surface area (Å²) in [5, 5.41) is 6.24. The summed E-state index contributed by atoms with van der Waals surface area (Å²) in [7, 11) is 0. The van der Waals surface area contributed by atoms with Gasteiger partial charge < -0.3 is 14.2 Å². The summed E-state index contributed by atoms with van der Waals surface area (Å²) < 4.78 is 17.1. The molecule has 1 amide bonds. The number of hydrogen-bond donors (Lipinski definition) is 0. The van der Waals surface area contributed by atoms with Gasteiger partial charge in [0.05, 0.1) is 24.8 Å². The molecule has 7 nitrogen and oxygen atoms in total. The van der Waals surface area contributed by atoms with Crippen LogP contribution in [0.3, 0.4) is 0 Å². The summed E-state index contributed by atoms with van der Waals surface area (Å²) in [5.74, 6) is 1.17. The Hall–Kier alpha value is -2.12. The fourth-order valence-corrected chi connectivity index (χ4v) is 4.00. The molecule has 7 heteroatoms. The first-order chi connectivity index (χ1) is 13.8. The Morgan fingerprint density at radius 1 is 1.11 bits per heavy atom. The Morgan fingerprint density at radius 2 is 1.89 bits per heavy atom. The van der Waals surface area contributed by atoms with Gasteiger partial charge in [-0.2, -0.15) is 0 Å². The highest BCUT2D eigenvalue weighted by molar-refractivity contribution is 6.00. The zero-order valence-electron chi connectivity index (χ0n) is 16.3. The molecule has 0 N–H and O–H groups in total. The average molecular weight is 387 g/mol. The van der Waals surface area contributed by atoms with Crippen LogP contribution in [0.1, 0.15) is 37.7 Å². The topological polar surface area (TPSA) is 63.6 Å². The maximum atomic E-state index is 12.3. The van der Waals surface area contributed by atoms with Crippen LogP contribution in [0.5, 0.6) is 5.75 Å². The molecule has 0 bridgehead atoms. The van der Waals surface area contributed by atoms with E-state index in [-0.39, 0.29) is 18.6 Å². The molecule has 2 heterocycles. The van der Waals surface area contributed by atoms with E-state index in [9.17, 15) is 4.79 Å². The maximum Gasteiger partial charge on any atom is 0.280 e. The maximum absolute atomic E-state index is 12.3. The molecule has 1 saturated heterocycles. The minimum atomic E-state index is -0.0543. The van der Waals surface area contributed by atoms with Crippen molar-refractivity contribution in [3.05, 3.63) is 29.8 Å². The number of rotatable bonds is 6. The van der Waals surface area contributed by atoms with E-state index < -0.39 is 0 Å². The lowest BCUT2D eigenvalue weighted by atomic mass is 9.95. The van der Waals surface area contributed by atoms with E-state index in [1.807, 2.05) is 24.3 Å². The quantitative estimate of drug-likeness (QED) is 0.749. The molecule has 0 unspecified atom stereocenters. The Bertz CT molecular complexity index is 697. The highest BCUT2D eigenvalue weighted by Gasteiger charge is 2.31. The third-order valence-corrected chi connectivity index (χ3v) is 5.59. The van der Waals surface area contributed by atoms with Crippen molar-refractivity contribution < 1.29 is 19.0 Å². The van der Waals surface area contributed by atoms with Gasteiger partial charge in [-0.25, -0.2) is 5.01 Å². The molecule has 1 saturated carbocycles. The second kappa shape index (κ2) is 9.39. The van der Waals surface area contributed by atoms with Gasteiger partial charge in [0.1, 0.15) is 12.4 Å². The van der Waals surface area contributed by atoms with Gasteiger partial charge in [0, 0.05) is 19.6 Å². The normalized spacial score (nSPS) is 21.9. The van der Waals surface area contributed by atoms with Crippen molar-refractivity contribution in [3.63, 3.8) is 0 Å². The van der Waals surface area contributed by atoms with E-state index in [0.29, 0.717) is 12.5 Å². The van der Waals surface area contributed by atoms with Crippen molar-refractivity contribution in [2.24, 2.45) is 5.10 Å². The Kier molecular flexibility index (Phi) is 6.44. The predicted molar refractivity (Wildman–Crippen MR) is 105 cm³/mol. The van der Waals surface area contributed by atoms with Gasteiger partial charge in [-0.05, 0) is 25.0 Å². The standard InChI is InChI=1S/C21H29N3O4/c25-20-16-28-21(22-24(20)17-6-2-1-3-7-17)18-8-4-5-9-19(18)27-15-12-23-10-13-26-14-11-23/h4-5,8-9,17H,1-3,6-7,10-16H2. The van der Waals surface area contributed by atoms with Crippen LogP contribution in [0.15, 0.2) is 29.4 Å². The lowest BCUT2D eigenvalue weighted by Crippen LogP contribution is -2.44. The number of ether oxygens (including phenoxy) is 3. The van der Waals surface area contributed by atoms with Crippen LogP contribution in [0.4, 0.5) is 0 Å². The number of hydrazone groups is 1. The number of morpholine rings is 1. The number of para-hydroxylation sites is 1. The molecule has 0 spiro atoms. The fourth-order valence-electron chi connectivity index (χ4n) is 4.00. The first-order valence-corrected chi connectivity index (χ1v) is 10.4. The summed E-state index contributed by atoms with van der Waals surface area (Å²) in [6.07, 6.45) is 5.58. The molecule has 3 aliphatic rings. The van der Waals surface area contributed by atoms with Gasteiger partial charge in [0.2, 0.25) is 5.90 Å². The summed E-state index contributed by atoms with van der Waals surface area (Å²) in [6, 6.07) is 7.95. The minimum absolute atomic E-state index is 0.0391. The summed E-state index contributed by atoms with van der Waals surface area (Å²) in [5.41, 5.74) is 0.804. The molecular weight excluding hydrogens is 358 g/mol. The van der Waals surface area contributed by atoms with Crippen LogP contribution in [-0.4, -0.2) is 73.8 Å². The third-order valence-electron chi connectivity index (χ3n) is 5.59. The number of carbonyl (C=O) groups excluding carboxylic acids is 1. The van der Waals surface area contributed by atoms with Gasteiger partial charge in [-0.3, -0.25) is 9.69 Å². The van der Waals surface area contributed by atoms with Crippen LogP contribution in [0.25, 0.3) is 0 Å². The molecule has 4 rings (SSSR count). The fraction of sp³-hybridized carbons (Fsp3) is 0.619. The predicted octanol–water partition coefficient (Wildman–Crippen LogP) is 2.25. The lowest BCUT2D eigenvalue weighted by Gasteiger charge is -2.33. The summed E-state index contributed by atoms with van der Waals surface area (Å²) >= 11 is 0. The van der Waals surface area contributed by atoms with Crippen LogP contribution in [0.2, 0.25) is 0 Å². The molecule has 1 aliphatic carbocycles. The first kappa shape index (κ1) is 19.2. The monoisotopic (exact) mass is 387 g/mol. The van der Waals surface area contributed by atoms with Crippen LogP contribution in [-0.2, 0) is 14.3 Å². The highest BCUT2D eigenvalue weighted by atomic mass is 16.5.